The van der Waals surface area contributed by atoms with E-state index in [9.17, 15) is 0 Å². The summed E-state index contributed by atoms with van der Waals surface area (Å²) in [6.45, 7) is 6.30. The Kier molecular flexibility index (Phi) is 3.38. The number of hydrogen-bond acceptors (Lipinski definition) is 4. The lowest BCUT2D eigenvalue weighted by Gasteiger charge is -2.15. The van der Waals surface area contributed by atoms with E-state index in [0.717, 1.165) is 17.1 Å². The highest BCUT2D eigenvalue weighted by atomic mass is 32.2. The van der Waals surface area contributed by atoms with Gasteiger partial charge in [-0.25, -0.2) is 9.97 Å². The van der Waals surface area contributed by atoms with Crippen LogP contribution < -0.4 is 5.73 Å². The summed E-state index contributed by atoms with van der Waals surface area (Å²) in [5.74, 6) is 3.22. The number of rotatable bonds is 2. The Morgan fingerprint density at radius 1 is 1.38 bits per heavy atom. The van der Waals surface area contributed by atoms with Crippen molar-refractivity contribution < 1.29 is 0 Å². The zero-order valence-electron chi connectivity index (χ0n) is 10.2. The molecule has 1 atom stereocenters. The molecule has 1 aromatic heterocycles. The van der Waals surface area contributed by atoms with Crippen LogP contribution in [0, 0.1) is 6.92 Å². The van der Waals surface area contributed by atoms with E-state index in [1.54, 1.807) is 0 Å². The molecule has 1 aromatic rings. The minimum absolute atomic E-state index is 0.394. The van der Waals surface area contributed by atoms with Gasteiger partial charge >= 0.3 is 0 Å². The van der Waals surface area contributed by atoms with Crippen LogP contribution in [0.5, 0.6) is 0 Å². The van der Waals surface area contributed by atoms with E-state index in [1.165, 1.54) is 18.6 Å². The van der Waals surface area contributed by atoms with Crippen molar-refractivity contribution in [2.75, 3.05) is 11.5 Å². The average molecular weight is 237 g/mol. The molecule has 2 rings (SSSR count). The third-order valence-electron chi connectivity index (χ3n) is 2.98. The Morgan fingerprint density at radius 3 is 2.62 bits per heavy atom. The first-order valence-corrected chi connectivity index (χ1v) is 6.90. The molecule has 0 radical (unpaired) electrons. The Labute approximate surface area is 101 Å². The van der Waals surface area contributed by atoms with Gasteiger partial charge in [-0.1, -0.05) is 13.8 Å². The first kappa shape index (κ1) is 11.7. The first-order chi connectivity index (χ1) is 7.59. The molecule has 16 heavy (non-hydrogen) atoms. The number of anilines is 1. The van der Waals surface area contributed by atoms with Gasteiger partial charge in [0.1, 0.15) is 11.6 Å². The minimum Gasteiger partial charge on any atom is -0.383 e. The molecule has 1 aliphatic rings. The van der Waals surface area contributed by atoms with Crippen LogP contribution in [0.15, 0.2) is 0 Å². The van der Waals surface area contributed by atoms with Gasteiger partial charge in [0.05, 0.1) is 5.25 Å². The van der Waals surface area contributed by atoms with E-state index in [-0.39, 0.29) is 0 Å². The van der Waals surface area contributed by atoms with E-state index in [4.69, 9.17) is 5.73 Å². The van der Waals surface area contributed by atoms with Crippen molar-refractivity contribution in [3.05, 3.63) is 17.1 Å². The van der Waals surface area contributed by atoms with Gasteiger partial charge in [-0.15, -0.1) is 0 Å². The molecule has 0 spiro atoms. The third-order valence-corrected chi connectivity index (χ3v) is 4.35. The molecule has 3 nitrogen and oxygen atoms in total. The van der Waals surface area contributed by atoms with Crippen LogP contribution in [0.2, 0.25) is 0 Å². The van der Waals surface area contributed by atoms with Crippen molar-refractivity contribution >= 4 is 17.6 Å². The topological polar surface area (TPSA) is 51.8 Å². The molecule has 0 aliphatic carbocycles. The molecule has 1 unspecified atom stereocenters. The molecule has 1 aliphatic heterocycles. The average Bonchev–Trinajstić information content (AvgIpc) is 2.67. The molecule has 88 valence electrons. The Hall–Kier alpha value is -0.770. The summed E-state index contributed by atoms with van der Waals surface area (Å²) >= 11 is 1.95. The van der Waals surface area contributed by atoms with Crippen LogP contribution in [-0.2, 0) is 0 Å². The fraction of sp³-hybridized carbons (Fsp3) is 0.667. The van der Waals surface area contributed by atoms with E-state index in [1.807, 2.05) is 18.7 Å². The summed E-state index contributed by atoms with van der Waals surface area (Å²) in [5, 5.41) is 0.460. The zero-order chi connectivity index (χ0) is 11.7. The quantitative estimate of drug-likeness (QED) is 0.859. The van der Waals surface area contributed by atoms with E-state index < -0.39 is 0 Å². The van der Waals surface area contributed by atoms with Crippen LogP contribution in [0.25, 0.3) is 0 Å². The maximum absolute atomic E-state index is 6.03. The Balaban J connectivity index is 2.36. The molecule has 0 bridgehead atoms. The van der Waals surface area contributed by atoms with Crippen molar-refractivity contribution in [2.45, 2.75) is 44.8 Å². The number of aryl methyl sites for hydroxylation is 1. The van der Waals surface area contributed by atoms with Crippen molar-refractivity contribution in [3.63, 3.8) is 0 Å². The van der Waals surface area contributed by atoms with Gasteiger partial charge in [-0.3, -0.25) is 0 Å². The smallest absolute Gasteiger partial charge is 0.143 e. The van der Waals surface area contributed by atoms with Crippen LogP contribution in [0.4, 0.5) is 5.82 Å². The fourth-order valence-electron chi connectivity index (χ4n) is 2.26. The fourth-order valence-corrected chi connectivity index (χ4v) is 3.47. The van der Waals surface area contributed by atoms with E-state index in [2.05, 4.69) is 23.8 Å². The van der Waals surface area contributed by atoms with E-state index >= 15 is 0 Å². The highest BCUT2D eigenvalue weighted by Gasteiger charge is 2.22. The second-order valence-electron chi connectivity index (χ2n) is 4.62. The van der Waals surface area contributed by atoms with Gasteiger partial charge < -0.3 is 5.73 Å². The standard InChI is InChI=1S/C12H19N3S/c1-7(2)10-8(3)14-12(15-11(10)13)9-5-4-6-16-9/h7,9H,4-6H2,1-3H3,(H2,13,14,15). The number of nitrogen functional groups attached to an aromatic ring is 1. The summed E-state index contributed by atoms with van der Waals surface area (Å²) in [7, 11) is 0. The summed E-state index contributed by atoms with van der Waals surface area (Å²) in [4.78, 5) is 9.11. The number of nitrogens with two attached hydrogens (primary N) is 1. The second-order valence-corrected chi connectivity index (χ2v) is 5.93. The normalized spacial score (nSPS) is 20.6. The summed E-state index contributed by atoms with van der Waals surface area (Å²) in [5.41, 5.74) is 8.18. The maximum Gasteiger partial charge on any atom is 0.143 e. The molecular formula is C12H19N3S. The molecule has 0 amide bonds. The summed E-state index contributed by atoms with van der Waals surface area (Å²) in [6.07, 6.45) is 2.45. The largest absolute Gasteiger partial charge is 0.383 e. The predicted molar refractivity (Wildman–Crippen MR) is 69.7 cm³/mol. The monoisotopic (exact) mass is 237 g/mol. The molecule has 1 saturated heterocycles. The van der Waals surface area contributed by atoms with Crippen molar-refractivity contribution in [3.8, 4) is 0 Å². The molecule has 0 saturated carbocycles. The van der Waals surface area contributed by atoms with Crippen LogP contribution in [0.1, 0.15) is 54.9 Å². The predicted octanol–water partition coefficient (Wildman–Crippen LogP) is 3.06. The van der Waals surface area contributed by atoms with Gasteiger partial charge in [0, 0.05) is 11.3 Å². The van der Waals surface area contributed by atoms with E-state index in [0.29, 0.717) is 17.0 Å². The highest BCUT2D eigenvalue weighted by molar-refractivity contribution is 7.99. The first-order valence-electron chi connectivity index (χ1n) is 5.85. The molecule has 4 heteroatoms. The Bertz CT molecular complexity index is 361. The lowest BCUT2D eigenvalue weighted by atomic mass is 10.0. The zero-order valence-corrected chi connectivity index (χ0v) is 11.0. The number of aromatic nitrogens is 2. The molecule has 2 N–H and O–H groups in total. The van der Waals surface area contributed by atoms with Gasteiger partial charge in [-0.2, -0.15) is 11.8 Å². The number of nitrogens with zero attached hydrogens (tertiary/aromatic N) is 2. The third kappa shape index (κ3) is 2.17. The molecule has 0 aromatic carbocycles. The summed E-state index contributed by atoms with van der Waals surface area (Å²) < 4.78 is 0. The molecule has 2 heterocycles. The lowest BCUT2D eigenvalue weighted by Crippen LogP contribution is -2.09. The maximum atomic E-state index is 6.03. The SMILES string of the molecule is Cc1nc(C2CCCS2)nc(N)c1C(C)C. The summed E-state index contributed by atoms with van der Waals surface area (Å²) in [6, 6.07) is 0. The minimum atomic E-state index is 0.394. The Morgan fingerprint density at radius 2 is 2.12 bits per heavy atom. The molecule has 1 fully saturated rings. The van der Waals surface area contributed by atoms with Crippen LogP contribution in [0.3, 0.4) is 0 Å². The number of hydrogen-bond donors (Lipinski definition) is 1. The van der Waals surface area contributed by atoms with Crippen molar-refractivity contribution in [1.29, 1.82) is 0 Å². The van der Waals surface area contributed by atoms with Gasteiger partial charge in [0.15, 0.2) is 0 Å². The second kappa shape index (κ2) is 4.62. The number of thioether (sulfide) groups is 1. The van der Waals surface area contributed by atoms with Gasteiger partial charge in [0.25, 0.3) is 0 Å². The molecular weight excluding hydrogens is 218 g/mol. The van der Waals surface area contributed by atoms with Crippen LogP contribution in [-0.4, -0.2) is 15.7 Å². The van der Waals surface area contributed by atoms with Crippen molar-refractivity contribution in [1.82, 2.24) is 9.97 Å². The van der Waals surface area contributed by atoms with Gasteiger partial charge in [-0.05, 0) is 31.4 Å². The van der Waals surface area contributed by atoms with Crippen LogP contribution >= 0.6 is 11.8 Å². The lowest BCUT2D eigenvalue weighted by molar-refractivity contribution is 0.755. The highest BCUT2D eigenvalue weighted by Crippen LogP contribution is 2.39. The van der Waals surface area contributed by atoms with Gasteiger partial charge in [0.2, 0.25) is 0 Å². The van der Waals surface area contributed by atoms with Crippen molar-refractivity contribution in [2.24, 2.45) is 0 Å².